The van der Waals surface area contributed by atoms with Crippen LogP contribution in [-0.4, -0.2) is 10.1 Å². The minimum atomic E-state index is -0.431. The molecular formula is C12H10FN3O. The Morgan fingerprint density at radius 2 is 2.12 bits per heavy atom. The highest BCUT2D eigenvalue weighted by Gasteiger charge is 2.10. The molecule has 3 N–H and O–H groups in total. The monoisotopic (exact) mass is 231 g/mol. The molecular weight excluding hydrogens is 221 g/mol. The van der Waals surface area contributed by atoms with Gasteiger partial charge in [0.15, 0.2) is 5.76 Å². The van der Waals surface area contributed by atoms with Crippen molar-refractivity contribution in [2.75, 3.05) is 5.73 Å². The van der Waals surface area contributed by atoms with Crippen LogP contribution in [0.2, 0.25) is 0 Å². The zero-order valence-electron chi connectivity index (χ0n) is 9.12. The summed E-state index contributed by atoms with van der Waals surface area (Å²) >= 11 is 0. The van der Waals surface area contributed by atoms with Crippen LogP contribution in [0.3, 0.4) is 0 Å². The van der Waals surface area contributed by atoms with E-state index in [9.17, 15) is 4.39 Å². The standard InChI is InChI=1S/C12H10FN3O/c1-6-2-12(17-16-6)11-4-7-3-9(14)8(13)5-10(7)15-11/h2-5,15H,14H2,1H3. The van der Waals surface area contributed by atoms with Crippen molar-refractivity contribution in [2.45, 2.75) is 6.92 Å². The van der Waals surface area contributed by atoms with Crippen LogP contribution in [0.25, 0.3) is 22.4 Å². The fourth-order valence-electron chi connectivity index (χ4n) is 1.80. The van der Waals surface area contributed by atoms with E-state index < -0.39 is 5.82 Å². The number of nitrogens with two attached hydrogens (primary N) is 1. The molecule has 0 saturated heterocycles. The van der Waals surface area contributed by atoms with Gasteiger partial charge in [0.2, 0.25) is 0 Å². The number of fused-ring (bicyclic) bond motifs is 1. The molecule has 0 radical (unpaired) electrons. The summed E-state index contributed by atoms with van der Waals surface area (Å²) in [5.74, 6) is 0.192. The van der Waals surface area contributed by atoms with Crippen LogP contribution in [-0.2, 0) is 0 Å². The summed E-state index contributed by atoms with van der Waals surface area (Å²) in [6.45, 7) is 1.84. The molecule has 17 heavy (non-hydrogen) atoms. The third kappa shape index (κ3) is 1.56. The maximum absolute atomic E-state index is 13.3. The lowest BCUT2D eigenvalue weighted by Crippen LogP contribution is -1.88. The number of aromatic nitrogens is 2. The molecule has 0 bridgehead atoms. The number of benzene rings is 1. The Hall–Kier alpha value is -2.30. The molecule has 5 heteroatoms. The van der Waals surface area contributed by atoms with Crippen molar-refractivity contribution >= 4 is 16.6 Å². The first-order valence-electron chi connectivity index (χ1n) is 5.15. The van der Waals surface area contributed by atoms with Gasteiger partial charge in [-0.1, -0.05) is 5.16 Å². The molecule has 0 aliphatic heterocycles. The fourth-order valence-corrected chi connectivity index (χ4v) is 1.80. The topological polar surface area (TPSA) is 67.8 Å². The van der Waals surface area contributed by atoms with Crippen LogP contribution in [0.15, 0.2) is 28.8 Å². The third-order valence-corrected chi connectivity index (χ3v) is 2.63. The number of halogens is 1. The largest absolute Gasteiger partial charge is 0.396 e. The van der Waals surface area contributed by atoms with E-state index >= 15 is 0 Å². The highest BCUT2D eigenvalue weighted by molar-refractivity contribution is 5.87. The van der Waals surface area contributed by atoms with Gasteiger partial charge >= 0.3 is 0 Å². The van der Waals surface area contributed by atoms with E-state index in [1.165, 1.54) is 6.07 Å². The Balaban J connectivity index is 2.19. The molecule has 0 unspecified atom stereocenters. The Morgan fingerprint density at radius 3 is 2.82 bits per heavy atom. The summed E-state index contributed by atoms with van der Waals surface area (Å²) in [6.07, 6.45) is 0. The number of hydrogen-bond acceptors (Lipinski definition) is 3. The zero-order chi connectivity index (χ0) is 12.0. The quantitative estimate of drug-likeness (QED) is 0.633. The van der Waals surface area contributed by atoms with Crippen LogP contribution in [0.5, 0.6) is 0 Å². The van der Waals surface area contributed by atoms with Gasteiger partial charge in [-0.15, -0.1) is 0 Å². The maximum atomic E-state index is 13.3. The van der Waals surface area contributed by atoms with E-state index in [0.717, 1.165) is 16.8 Å². The molecule has 0 fully saturated rings. The molecule has 0 aliphatic rings. The lowest BCUT2D eigenvalue weighted by Gasteiger charge is -1.95. The highest BCUT2D eigenvalue weighted by Crippen LogP contribution is 2.27. The molecule has 0 saturated carbocycles. The van der Waals surface area contributed by atoms with Crippen LogP contribution in [0.1, 0.15) is 5.69 Å². The highest BCUT2D eigenvalue weighted by atomic mass is 19.1. The van der Waals surface area contributed by atoms with E-state index in [2.05, 4.69) is 10.1 Å². The Bertz CT molecular complexity index is 660. The second-order valence-electron chi connectivity index (χ2n) is 3.98. The maximum Gasteiger partial charge on any atom is 0.183 e. The lowest BCUT2D eigenvalue weighted by molar-refractivity contribution is 0.426. The summed E-state index contributed by atoms with van der Waals surface area (Å²) < 4.78 is 18.4. The third-order valence-electron chi connectivity index (χ3n) is 2.63. The average Bonchev–Trinajstić information content (AvgIpc) is 2.85. The molecule has 0 spiro atoms. The molecule has 2 heterocycles. The number of nitrogens with zero attached hydrogens (tertiary/aromatic N) is 1. The number of H-pyrrole nitrogens is 1. The number of aromatic amines is 1. The van der Waals surface area contributed by atoms with Gasteiger partial charge in [0.1, 0.15) is 5.82 Å². The molecule has 1 aromatic carbocycles. The van der Waals surface area contributed by atoms with E-state index in [4.69, 9.17) is 10.3 Å². The van der Waals surface area contributed by atoms with Gasteiger partial charge in [0.05, 0.1) is 17.1 Å². The number of nitrogens with one attached hydrogen (secondary N) is 1. The molecule has 86 valence electrons. The molecule has 0 amide bonds. The second kappa shape index (κ2) is 3.35. The van der Waals surface area contributed by atoms with Crippen LogP contribution < -0.4 is 5.73 Å². The minimum Gasteiger partial charge on any atom is -0.396 e. The summed E-state index contributed by atoms with van der Waals surface area (Å²) in [7, 11) is 0. The van der Waals surface area contributed by atoms with Crippen molar-refractivity contribution in [1.82, 2.24) is 10.1 Å². The van der Waals surface area contributed by atoms with Gasteiger partial charge in [-0.2, -0.15) is 0 Å². The predicted octanol–water partition coefficient (Wildman–Crippen LogP) is 2.85. The van der Waals surface area contributed by atoms with Crippen LogP contribution >= 0.6 is 0 Å². The summed E-state index contributed by atoms with van der Waals surface area (Å²) in [4.78, 5) is 3.06. The summed E-state index contributed by atoms with van der Waals surface area (Å²) in [5, 5.41) is 4.65. The first-order chi connectivity index (χ1) is 8.13. The van der Waals surface area contributed by atoms with Gasteiger partial charge in [0, 0.05) is 23.0 Å². The van der Waals surface area contributed by atoms with Crippen LogP contribution in [0, 0.1) is 12.7 Å². The molecule has 2 aromatic heterocycles. The molecule has 0 atom stereocenters. The van der Waals surface area contributed by atoms with Crippen molar-refractivity contribution < 1.29 is 8.91 Å². The smallest absolute Gasteiger partial charge is 0.183 e. The van der Waals surface area contributed by atoms with Gasteiger partial charge in [-0.25, -0.2) is 4.39 Å². The summed E-state index contributed by atoms with van der Waals surface area (Å²) in [6, 6.07) is 6.63. The van der Waals surface area contributed by atoms with Crippen molar-refractivity contribution in [3.8, 4) is 11.5 Å². The first kappa shape index (κ1) is 9.89. The Kier molecular flexibility index (Phi) is 1.95. The number of nitrogen functional groups attached to an aromatic ring is 1. The van der Waals surface area contributed by atoms with Gasteiger partial charge in [-0.05, 0) is 19.1 Å². The number of hydrogen-bond donors (Lipinski definition) is 2. The normalized spacial score (nSPS) is 11.2. The molecule has 3 aromatic rings. The first-order valence-corrected chi connectivity index (χ1v) is 5.15. The van der Waals surface area contributed by atoms with Crippen molar-refractivity contribution in [2.24, 2.45) is 0 Å². The van der Waals surface area contributed by atoms with E-state index in [0.29, 0.717) is 11.3 Å². The predicted molar refractivity (Wildman–Crippen MR) is 62.9 cm³/mol. The molecule has 4 nitrogen and oxygen atoms in total. The van der Waals surface area contributed by atoms with Crippen molar-refractivity contribution in [1.29, 1.82) is 0 Å². The van der Waals surface area contributed by atoms with Crippen molar-refractivity contribution in [3.63, 3.8) is 0 Å². The zero-order valence-corrected chi connectivity index (χ0v) is 9.12. The van der Waals surface area contributed by atoms with E-state index in [1.807, 2.05) is 19.1 Å². The van der Waals surface area contributed by atoms with E-state index in [1.54, 1.807) is 6.07 Å². The van der Waals surface area contributed by atoms with Crippen LogP contribution in [0.4, 0.5) is 10.1 Å². The van der Waals surface area contributed by atoms with E-state index in [-0.39, 0.29) is 5.69 Å². The number of anilines is 1. The SMILES string of the molecule is Cc1cc(-c2cc3cc(N)c(F)cc3[nH]2)on1. The van der Waals surface area contributed by atoms with Crippen molar-refractivity contribution in [3.05, 3.63) is 35.8 Å². The fraction of sp³-hybridized carbons (Fsp3) is 0.0833. The van der Waals surface area contributed by atoms with Gasteiger partial charge < -0.3 is 15.2 Å². The Labute approximate surface area is 96.2 Å². The molecule has 0 aliphatic carbocycles. The van der Waals surface area contributed by atoms with Gasteiger partial charge in [0.25, 0.3) is 0 Å². The minimum absolute atomic E-state index is 0.136. The van der Waals surface area contributed by atoms with Gasteiger partial charge in [-0.3, -0.25) is 0 Å². The summed E-state index contributed by atoms with van der Waals surface area (Å²) in [5.41, 5.74) is 7.88. The number of aryl methyl sites for hydroxylation is 1. The second-order valence-corrected chi connectivity index (χ2v) is 3.98. The lowest BCUT2D eigenvalue weighted by atomic mass is 10.2. The molecule has 3 rings (SSSR count). The Morgan fingerprint density at radius 1 is 1.29 bits per heavy atom. The number of rotatable bonds is 1. The average molecular weight is 231 g/mol.